The van der Waals surface area contributed by atoms with Crippen LogP contribution in [0.5, 0.6) is 0 Å². The monoisotopic (exact) mass is 314 g/mol. The Morgan fingerprint density at radius 3 is 2.26 bits per heavy atom. The molecule has 1 saturated carbocycles. The molecule has 1 aromatic rings. The van der Waals surface area contributed by atoms with Gasteiger partial charge in [0.1, 0.15) is 0 Å². The van der Waals surface area contributed by atoms with Gasteiger partial charge in [0.2, 0.25) is 17.7 Å². The van der Waals surface area contributed by atoms with Gasteiger partial charge in [-0.25, -0.2) is 0 Å². The third kappa shape index (κ3) is 3.44. The van der Waals surface area contributed by atoms with Gasteiger partial charge < -0.3 is 5.32 Å². The number of hydrogen-bond acceptors (Lipinski definition) is 3. The molecule has 5 nitrogen and oxygen atoms in total. The van der Waals surface area contributed by atoms with Crippen LogP contribution in [0.1, 0.15) is 37.7 Å². The Hall–Kier alpha value is -2.17. The maximum atomic E-state index is 12.3. The molecular formula is C18H22N2O3. The van der Waals surface area contributed by atoms with Crippen LogP contribution in [0.2, 0.25) is 0 Å². The molecule has 1 N–H and O–H groups in total. The number of nitrogens with one attached hydrogen (secondary N) is 1. The third-order valence-electron chi connectivity index (χ3n) is 4.83. The van der Waals surface area contributed by atoms with Crippen molar-refractivity contribution in [2.24, 2.45) is 11.8 Å². The maximum Gasteiger partial charge on any atom is 0.233 e. The van der Waals surface area contributed by atoms with E-state index in [1.165, 1.54) is 4.90 Å². The van der Waals surface area contributed by atoms with Gasteiger partial charge in [0, 0.05) is 19.5 Å². The molecule has 3 rings (SSSR count). The van der Waals surface area contributed by atoms with E-state index in [0.717, 1.165) is 31.2 Å². The van der Waals surface area contributed by atoms with Gasteiger partial charge in [0.05, 0.1) is 11.8 Å². The first-order valence-electron chi connectivity index (χ1n) is 8.32. The van der Waals surface area contributed by atoms with Crippen molar-refractivity contribution in [3.63, 3.8) is 0 Å². The Morgan fingerprint density at radius 1 is 1.04 bits per heavy atom. The van der Waals surface area contributed by atoms with Crippen LogP contribution in [-0.2, 0) is 20.9 Å². The first-order chi connectivity index (χ1) is 11.2. The van der Waals surface area contributed by atoms with Gasteiger partial charge in [-0.3, -0.25) is 19.3 Å². The van der Waals surface area contributed by atoms with Crippen molar-refractivity contribution < 1.29 is 14.4 Å². The van der Waals surface area contributed by atoms with Crippen molar-refractivity contribution in [1.29, 1.82) is 0 Å². The molecule has 1 aliphatic carbocycles. The fourth-order valence-electron chi connectivity index (χ4n) is 3.55. The summed E-state index contributed by atoms with van der Waals surface area (Å²) >= 11 is 0. The second-order valence-corrected chi connectivity index (χ2v) is 6.34. The number of fused-ring (bicyclic) bond motifs is 1. The number of hydrogen-bond donors (Lipinski definition) is 1. The van der Waals surface area contributed by atoms with E-state index in [9.17, 15) is 14.4 Å². The lowest BCUT2D eigenvalue weighted by Crippen LogP contribution is -2.35. The van der Waals surface area contributed by atoms with Crippen LogP contribution >= 0.6 is 0 Å². The van der Waals surface area contributed by atoms with Gasteiger partial charge in [0.15, 0.2) is 0 Å². The van der Waals surface area contributed by atoms with Gasteiger partial charge in [-0.1, -0.05) is 43.2 Å². The smallest absolute Gasteiger partial charge is 0.233 e. The van der Waals surface area contributed by atoms with Crippen molar-refractivity contribution in [1.82, 2.24) is 10.2 Å². The Kier molecular flexibility index (Phi) is 4.74. The van der Waals surface area contributed by atoms with E-state index in [4.69, 9.17) is 0 Å². The maximum absolute atomic E-state index is 12.3. The summed E-state index contributed by atoms with van der Waals surface area (Å²) in [7, 11) is 0. The lowest BCUT2D eigenvalue weighted by atomic mass is 9.81. The summed E-state index contributed by atoms with van der Waals surface area (Å²) in [5.74, 6) is -0.553. The molecule has 5 heteroatoms. The molecule has 2 aliphatic rings. The number of amides is 3. The highest BCUT2D eigenvalue weighted by molar-refractivity contribution is 6.05. The van der Waals surface area contributed by atoms with Gasteiger partial charge in [0.25, 0.3) is 0 Å². The minimum Gasteiger partial charge on any atom is -0.352 e. The largest absolute Gasteiger partial charge is 0.352 e. The normalized spacial score (nSPS) is 23.7. The first-order valence-corrected chi connectivity index (χ1v) is 8.32. The van der Waals surface area contributed by atoms with Gasteiger partial charge >= 0.3 is 0 Å². The Bertz CT molecular complexity index is 576. The highest BCUT2D eigenvalue weighted by atomic mass is 16.2. The molecule has 0 radical (unpaired) electrons. The molecule has 0 unspecified atom stereocenters. The van der Waals surface area contributed by atoms with Crippen molar-refractivity contribution in [3.8, 4) is 0 Å². The second-order valence-electron chi connectivity index (χ2n) is 6.34. The quantitative estimate of drug-likeness (QED) is 0.844. The molecule has 1 heterocycles. The number of carbonyl (C=O) groups is 3. The second kappa shape index (κ2) is 6.94. The molecule has 1 saturated heterocycles. The number of likely N-dealkylation sites (tertiary alicyclic amines) is 1. The number of rotatable bonds is 5. The van der Waals surface area contributed by atoms with Crippen LogP contribution in [-0.4, -0.2) is 29.2 Å². The fourth-order valence-corrected chi connectivity index (χ4v) is 3.55. The molecule has 2 atom stereocenters. The van der Waals surface area contributed by atoms with Crippen LogP contribution in [0, 0.1) is 11.8 Å². The average molecular weight is 314 g/mol. The molecule has 1 aromatic carbocycles. The number of imide groups is 1. The molecule has 23 heavy (non-hydrogen) atoms. The SMILES string of the molecule is O=C(CCN1C(=O)[C@H]2CCCC[C@@H]2C1=O)NCc1ccccc1. The molecule has 0 spiro atoms. The highest BCUT2D eigenvalue weighted by Crippen LogP contribution is 2.37. The standard InChI is InChI=1S/C18H22N2O3/c21-16(19-12-13-6-2-1-3-7-13)10-11-20-17(22)14-8-4-5-9-15(14)18(20)23/h1-3,6-7,14-15H,4-5,8-12H2,(H,19,21)/t14-,15-/m0/s1. The molecule has 3 amide bonds. The van der Waals surface area contributed by atoms with Crippen LogP contribution in [0.4, 0.5) is 0 Å². The van der Waals surface area contributed by atoms with E-state index >= 15 is 0 Å². The molecule has 0 bridgehead atoms. The topological polar surface area (TPSA) is 66.5 Å². The third-order valence-corrected chi connectivity index (χ3v) is 4.83. The predicted molar refractivity (Wildman–Crippen MR) is 85.1 cm³/mol. The number of carbonyl (C=O) groups excluding carboxylic acids is 3. The lowest BCUT2D eigenvalue weighted by molar-refractivity contribution is -0.140. The van der Waals surface area contributed by atoms with Crippen LogP contribution < -0.4 is 5.32 Å². The average Bonchev–Trinajstić information content (AvgIpc) is 2.83. The molecule has 0 aromatic heterocycles. The zero-order valence-corrected chi connectivity index (χ0v) is 13.2. The summed E-state index contributed by atoms with van der Waals surface area (Å²) in [6.45, 7) is 0.665. The van der Waals surface area contributed by atoms with Crippen molar-refractivity contribution in [2.45, 2.75) is 38.6 Å². The van der Waals surface area contributed by atoms with E-state index in [1.807, 2.05) is 30.3 Å². The van der Waals surface area contributed by atoms with Crippen LogP contribution in [0.15, 0.2) is 30.3 Å². The van der Waals surface area contributed by atoms with E-state index in [2.05, 4.69) is 5.32 Å². The number of nitrogens with zero attached hydrogens (tertiary/aromatic N) is 1. The summed E-state index contributed by atoms with van der Waals surface area (Å²) in [6, 6.07) is 9.65. The lowest BCUT2D eigenvalue weighted by Gasteiger charge is -2.19. The Balaban J connectivity index is 1.49. The highest BCUT2D eigenvalue weighted by Gasteiger charge is 2.47. The van der Waals surface area contributed by atoms with E-state index in [-0.39, 0.29) is 42.5 Å². The van der Waals surface area contributed by atoms with Gasteiger partial charge in [-0.15, -0.1) is 0 Å². The minimum absolute atomic E-state index is 0.0736. The summed E-state index contributed by atoms with van der Waals surface area (Å²) in [5, 5.41) is 2.83. The van der Waals surface area contributed by atoms with E-state index in [1.54, 1.807) is 0 Å². The van der Waals surface area contributed by atoms with Crippen LogP contribution in [0.25, 0.3) is 0 Å². The Labute approximate surface area is 136 Å². The zero-order chi connectivity index (χ0) is 16.2. The molecular weight excluding hydrogens is 292 g/mol. The van der Waals surface area contributed by atoms with Crippen molar-refractivity contribution in [3.05, 3.63) is 35.9 Å². The van der Waals surface area contributed by atoms with E-state index in [0.29, 0.717) is 6.54 Å². The zero-order valence-electron chi connectivity index (χ0n) is 13.2. The predicted octanol–water partition coefficient (Wildman–Crippen LogP) is 1.87. The summed E-state index contributed by atoms with van der Waals surface area (Å²) in [4.78, 5) is 37.9. The molecule has 1 aliphatic heterocycles. The van der Waals surface area contributed by atoms with Gasteiger partial charge in [-0.05, 0) is 18.4 Å². The summed E-state index contributed by atoms with van der Waals surface area (Å²) < 4.78 is 0. The van der Waals surface area contributed by atoms with Crippen molar-refractivity contribution >= 4 is 17.7 Å². The van der Waals surface area contributed by atoms with Gasteiger partial charge in [-0.2, -0.15) is 0 Å². The van der Waals surface area contributed by atoms with E-state index < -0.39 is 0 Å². The van der Waals surface area contributed by atoms with Crippen LogP contribution in [0.3, 0.4) is 0 Å². The number of benzene rings is 1. The molecule has 2 fully saturated rings. The Morgan fingerprint density at radius 2 is 1.65 bits per heavy atom. The summed E-state index contributed by atoms with van der Waals surface area (Å²) in [5.41, 5.74) is 1.03. The summed E-state index contributed by atoms with van der Waals surface area (Å²) in [6.07, 6.45) is 3.83. The minimum atomic E-state index is -0.136. The van der Waals surface area contributed by atoms with Crippen molar-refractivity contribution in [2.75, 3.05) is 6.54 Å². The first kappa shape index (κ1) is 15.7. The molecule has 122 valence electrons. The fraction of sp³-hybridized carbons (Fsp3) is 0.500.